The minimum absolute atomic E-state index is 0.296. The van der Waals surface area contributed by atoms with Crippen molar-refractivity contribution in [3.63, 3.8) is 0 Å². The predicted octanol–water partition coefficient (Wildman–Crippen LogP) is 5.75. The molecule has 0 bridgehead atoms. The fraction of sp³-hybridized carbons (Fsp3) is 0.200. The van der Waals surface area contributed by atoms with Crippen molar-refractivity contribution >= 4 is 29.1 Å². The molecule has 3 rings (SSSR count). The molecule has 0 spiro atoms. The molecule has 2 aromatic carbocycles. The molecule has 0 aliphatic carbocycles. The van der Waals surface area contributed by atoms with Crippen molar-refractivity contribution < 1.29 is 0 Å². The number of hydrogen-bond acceptors (Lipinski definition) is 4. The zero-order valence-corrected chi connectivity index (χ0v) is 15.1. The summed E-state index contributed by atoms with van der Waals surface area (Å²) in [5, 5.41) is 7.34. The van der Waals surface area contributed by atoms with Crippen LogP contribution < -0.4 is 10.6 Å². The van der Waals surface area contributed by atoms with Gasteiger partial charge < -0.3 is 10.6 Å². The van der Waals surface area contributed by atoms with E-state index in [4.69, 9.17) is 11.6 Å². The first-order chi connectivity index (χ1) is 12.1. The smallest absolute Gasteiger partial charge is 0.225 e. The largest absolute Gasteiger partial charge is 0.352 e. The summed E-state index contributed by atoms with van der Waals surface area (Å²) in [6.07, 6.45) is 0.996. The Morgan fingerprint density at radius 2 is 1.80 bits per heavy atom. The summed E-state index contributed by atoms with van der Waals surface area (Å²) in [5.41, 5.74) is 2.80. The minimum atomic E-state index is 0.296. The molecule has 0 aliphatic rings. The summed E-state index contributed by atoms with van der Waals surface area (Å²) in [6.45, 7) is 4.24. The molecule has 4 nitrogen and oxygen atoms in total. The third-order valence-corrected chi connectivity index (χ3v) is 4.12. The zero-order chi connectivity index (χ0) is 17.6. The number of anilines is 3. The van der Waals surface area contributed by atoms with Crippen LogP contribution in [0.3, 0.4) is 0 Å². The van der Waals surface area contributed by atoms with E-state index in [-0.39, 0.29) is 0 Å². The van der Waals surface area contributed by atoms with Gasteiger partial charge in [-0.05, 0) is 31.5 Å². The lowest BCUT2D eigenvalue weighted by Gasteiger charge is -2.14. The SMILES string of the molecule is CC[C@@H](C)Nc1nc(Nc2cccc(Cl)c2)cc(-c2ccccc2)n1. The molecule has 0 radical (unpaired) electrons. The molecule has 0 unspecified atom stereocenters. The van der Waals surface area contributed by atoms with Crippen LogP contribution in [0.2, 0.25) is 5.02 Å². The summed E-state index contributed by atoms with van der Waals surface area (Å²) in [5.74, 6) is 1.34. The minimum Gasteiger partial charge on any atom is -0.352 e. The molecule has 3 aromatic rings. The molecule has 1 aromatic heterocycles. The third kappa shape index (κ3) is 4.70. The Labute approximate surface area is 153 Å². The second-order valence-electron chi connectivity index (χ2n) is 5.92. The Bertz CT molecular complexity index is 836. The van der Waals surface area contributed by atoms with Crippen LogP contribution in [0.25, 0.3) is 11.3 Å². The van der Waals surface area contributed by atoms with Gasteiger partial charge in [-0.3, -0.25) is 0 Å². The predicted molar refractivity (Wildman–Crippen MR) is 106 cm³/mol. The average molecular weight is 353 g/mol. The maximum atomic E-state index is 6.07. The van der Waals surface area contributed by atoms with Crippen LogP contribution in [0.4, 0.5) is 17.5 Å². The molecule has 2 N–H and O–H groups in total. The standard InChI is InChI=1S/C20H21ClN4/c1-3-14(2)22-20-24-18(15-8-5-4-6-9-15)13-19(25-20)23-17-11-7-10-16(21)12-17/h4-14H,3H2,1-2H3,(H2,22,23,24,25)/t14-/m1/s1. The van der Waals surface area contributed by atoms with E-state index < -0.39 is 0 Å². The van der Waals surface area contributed by atoms with E-state index in [2.05, 4.69) is 34.4 Å². The van der Waals surface area contributed by atoms with Crippen molar-refractivity contribution in [2.24, 2.45) is 0 Å². The highest BCUT2D eigenvalue weighted by molar-refractivity contribution is 6.30. The number of aromatic nitrogens is 2. The lowest BCUT2D eigenvalue weighted by atomic mass is 10.1. The lowest BCUT2D eigenvalue weighted by molar-refractivity contribution is 0.753. The topological polar surface area (TPSA) is 49.8 Å². The van der Waals surface area contributed by atoms with Crippen molar-refractivity contribution in [3.05, 3.63) is 65.7 Å². The van der Waals surface area contributed by atoms with E-state index in [9.17, 15) is 0 Å². The van der Waals surface area contributed by atoms with E-state index in [1.165, 1.54) is 0 Å². The second-order valence-corrected chi connectivity index (χ2v) is 6.35. The number of hydrogen-bond donors (Lipinski definition) is 2. The van der Waals surface area contributed by atoms with Gasteiger partial charge in [0.1, 0.15) is 5.82 Å². The first-order valence-electron chi connectivity index (χ1n) is 8.37. The van der Waals surface area contributed by atoms with Crippen LogP contribution in [0.5, 0.6) is 0 Å². The van der Waals surface area contributed by atoms with E-state index in [0.29, 0.717) is 17.0 Å². The van der Waals surface area contributed by atoms with E-state index in [1.807, 2.05) is 60.7 Å². The Kier molecular flexibility index (Phi) is 5.51. The molecule has 0 aliphatic heterocycles. The van der Waals surface area contributed by atoms with Crippen molar-refractivity contribution in [2.75, 3.05) is 10.6 Å². The van der Waals surface area contributed by atoms with Crippen LogP contribution in [0, 0.1) is 0 Å². The molecule has 0 amide bonds. The highest BCUT2D eigenvalue weighted by Gasteiger charge is 2.09. The van der Waals surface area contributed by atoms with Gasteiger partial charge in [-0.1, -0.05) is 54.9 Å². The summed E-state index contributed by atoms with van der Waals surface area (Å²) < 4.78 is 0. The molecule has 1 heterocycles. The highest BCUT2D eigenvalue weighted by Crippen LogP contribution is 2.25. The summed E-state index contributed by atoms with van der Waals surface area (Å²) in [4.78, 5) is 9.26. The quantitative estimate of drug-likeness (QED) is 0.593. The molecular weight excluding hydrogens is 332 g/mol. The molecule has 0 saturated heterocycles. The number of benzene rings is 2. The number of nitrogens with one attached hydrogen (secondary N) is 2. The van der Waals surface area contributed by atoms with Gasteiger partial charge in [0, 0.05) is 28.4 Å². The normalized spacial score (nSPS) is 11.8. The molecule has 5 heteroatoms. The van der Waals surface area contributed by atoms with Crippen molar-refractivity contribution in [1.82, 2.24) is 9.97 Å². The van der Waals surface area contributed by atoms with Gasteiger partial charge in [0.25, 0.3) is 0 Å². The van der Waals surface area contributed by atoms with Gasteiger partial charge in [-0.2, -0.15) is 4.98 Å². The van der Waals surface area contributed by atoms with Crippen molar-refractivity contribution in [1.29, 1.82) is 0 Å². The van der Waals surface area contributed by atoms with Gasteiger partial charge in [-0.25, -0.2) is 4.98 Å². The van der Waals surface area contributed by atoms with E-state index in [1.54, 1.807) is 0 Å². The van der Waals surface area contributed by atoms with Crippen molar-refractivity contribution in [3.8, 4) is 11.3 Å². The zero-order valence-electron chi connectivity index (χ0n) is 14.3. The monoisotopic (exact) mass is 352 g/mol. The first kappa shape index (κ1) is 17.2. The van der Waals surface area contributed by atoms with Crippen LogP contribution in [-0.4, -0.2) is 16.0 Å². The van der Waals surface area contributed by atoms with Gasteiger partial charge in [0.2, 0.25) is 5.95 Å². The van der Waals surface area contributed by atoms with Gasteiger partial charge in [0.15, 0.2) is 0 Å². The fourth-order valence-electron chi connectivity index (χ4n) is 2.37. The first-order valence-corrected chi connectivity index (χ1v) is 8.75. The maximum absolute atomic E-state index is 6.07. The Morgan fingerprint density at radius 1 is 1.00 bits per heavy atom. The van der Waals surface area contributed by atoms with Crippen LogP contribution >= 0.6 is 11.6 Å². The fourth-order valence-corrected chi connectivity index (χ4v) is 2.56. The molecular formula is C20H21ClN4. The molecule has 0 saturated carbocycles. The van der Waals surface area contributed by atoms with Crippen LogP contribution in [0.15, 0.2) is 60.7 Å². The summed E-state index contributed by atoms with van der Waals surface area (Å²) >= 11 is 6.07. The van der Waals surface area contributed by atoms with Gasteiger partial charge in [-0.15, -0.1) is 0 Å². The molecule has 25 heavy (non-hydrogen) atoms. The Hall–Kier alpha value is -2.59. The molecule has 128 valence electrons. The second kappa shape index (κ2) is 7.99. The summed E-state index contributed by atoms with van der Waals surface area (Å²) in [7, 11) is 0. The van der Waals surface area contributed by atoms with Gasteiger partial charge >= 0.3 is 0 Å². The number of nitrogens with zero attached hydrogens (tertiary/aromatic N) is 2. The average Bonchev–Trinajstić information content (AvgIpc) is 2.62. The molecule has 0 fully saturated rings. The van der Waals surface area contributed by atoms with E-state index >= 15 is 0 Å². The highest BCUT2D eigenvalue weighted by atomic mass is 35.5. The van der Waals surface area contributed by atoms with E-state index in [0.717, 1.165) is 29.2 Å². The Morgan fingerprint density at radius 3 is 2.52 bits per heavy atom. The third-order valence-electron chi connectivity index (χ3n) is 3.88. The molecule has 1 atom stereocenters. The number of rotatable bonds is 6. The van der Waals surface area contributed by atoms with Crippen LogP contribution in [-0.2, 0) is 0 Å². The van der Waals surface area contributed by atoms with Gasteiger partial charge in [0.05, 0.1) is 5.69 Å². The van der Waals surface area contributed by atoms with Crippen molar-refractivity contribution in [2.45, 2.75) is 26.3 Å². The summed E-state index contributed by atoms with van der Waals surface area (Å²) in [6, 6.07) is 19.9. The lowest BCUT2D eigenvalue weighted by Crippen LogP contribution is -2.16. The maximum Gasteiger partial charge on any atom is 0.225 e. The van der Waals surface area contributed by atoms with Crippen LogP contribution in [0.1, 0.15) is 20.3 Å². The Balaban J connectivity index is 1.97. The number of halogens is 1.